The second kappa shape index (κ2) is 5.07. The van der Waals surface area contributed by atoms with E-state index in [9.17, 15) is 14.9 Å². The van der Waals surface area contributed by atoms with E-state index in [1.165, 1.54) is 6.92 Å². The number of hydrogen-bond donors (Lipinski definition) is 1. The average molecular weight is 282 g/mol. The number of halogens is 1. The number of nitro groups is 1. The van der Waals surface area contributed by atoms with Gasteiger partial charge in [0.1, 0.15) is 0 Å². The number of anilines is 1. The lowest BCUT2D eigenvalue weighted by molar-refractivity contribution is -0.386. The van der Waals surface area contributed by atoms with Crippen molar-refractivity contribution >= 4 is 28.9 Å². The van der Waals surface area contributed by atoms with Crippen molar-refractivity contribution in [1.82, 2.24) is 5.16 Å². The first-order valence-electron chi connectivity index (χ1n) is 5.16. The van der Waals surface area contributed by atoms with Crippen molar-refractivity contribution in [3.05, 3.63) is 50.9 Å². The molecule has 0 unspecified atom stereocenters. The maximum absolute atomic E-state index is 11.9. The molecule has 19 heavy (non-hydrogen) atoms. The second-order valence-corrected chi connectivity index (χ2v) is 4.09. The van der Waals surface area contributed by atoms with Crippen LogP contribution >= 0.6 is 11.6 Å². The molecular formula is C11H8ClN3O4. The Hall–Kier alpha value is -2.41. The second-order valence-electron chi connectivity index (χ2n) is 3.65. The van der Waals surface area contributed by atoms with E-state index in [1.807, 2.05) is 0 Å². The van der Waals surface area contributed by atoms with Crippen LogP contribution in [0.2, 0.25) is 5.02 Å². The van der Waals surface area contributed by atoms with Crippen LogP contribution in [0.4, 0.5) is 11.4 Å². The Bertz CT molecular complexity index is 636. The van der Waals surface area contributed by atoms with Gasteiger partial charge in [0.05, 0.1) is 4.92 Å². The molecule has 1 aromatic carbocycles. The molecule has 8 heteroatoms. The number of rotatable bonds is 3. The Morgan fingerprint density at radius 2 is 2.05 bits per heavy atom. The lowest BCUT2D eigenvalue weighted by Crippen LogP contribution is -2.14. The van der Waals surface area contributed by atoms with Crippen molar-refractivity contribution in [1.29, 1.82) is 0 Å². The largest absolute Gasteiger partial charge is 0.353 e. The third kappa shape index (κ3) is 2.71. The van der Waals surface area contributed by atoms with E-state index in [2.05, 4.69) is 15.0 Å². The lowest BCUT2D eigenvalue weighted by atomic mass is 10.2. The Morgan fingerprint density at radius 1 is 1.42 bits per heavy atom. The third-order valence-electron chi connectivity index (χ3n) is 2.33. The number of carbonyl (C=O) groups is 1. The van der Waals surface area contributed by atoms with Gasteiger partial charge >= 0.3 is 5.69 Å². The van der Waals surface area contributed by atoms with Crippen molar-refractivity contribution in [3.63, 3.8) is 0 Å². The van der Waals surface area contributed by atoms with Crippen LogP contribution in [0.25, 0.3) is 0 Å². The first-order valence-corrected chi connectivity index (χ1v) is 5.54. The van der Waals surface area contributed by atoms with Gasteiger partial charge in [-0.25, -0.2) is 0 Å². The van der Waals surface area contributed by atoms with Crippen LogP contribution in [0, 0.1) is 17.0 Å². The van der Waals surface area contributed by atoms with Crippen LogP contribution < -0.4 is 5.32 Å². The molecule has 0 atom stereocenters. The summed E-state index contributed by atoms with van der Waals surface area (Å²) in [7, 11) is 0. The number of amides is 1. The molecule has 1 N–H and O–H groups in total. The maximum Gasteiger partial charge on any atom is 0.344 e. The highest BCUT2D eigenvalue weighted by molar-refractivity contribution is 6.30. The number of aryl methyl sites for hydroxylation is 1. The molecule has 1 heterocycles. The van der Waals surface area contributed by atoms with Gasteiger partial charge in [-0.15, -0.1) is 0 Å². The lowest BCUT2D eigenvalue weighted by Gasteiger charge is -2.02. The molecule has 2 aromatic rings. The topological polar surface area (TPSA) is 98.3 Å². The highest BCUT2D eigenvalue weighted by atomic mass is 35.5. The van der Waals surface area contributed by atoms with E-state index in [0.29, 0.717) is 10.7 Å². The van der Waals surface area contributed by atoms with Crippen LogP contribution in [0.5, 0.6) is 0 Å². The molecular weight excluding hydrogens is 274 g/mol. The molecule has 0 aliphatic heterocycles. The summed E-state index contributed by atoms with van der Waals surface area (Å²) in [6.07, 6.45) is 0. The number of hydrogen-bond acceptors (Lipinski definition) is 5. The molecule has 0 fully saturated rings. The van der Waals surface area contributed by atoms with Crippen LogP contribution in [0.1, 0.15) is 16.2 Å². The predicted octanol–water partition coefficient (Wildman–Crippen LogP) is 2.80. The van der Waals surface area contributed by atoms with E-state index in [1.54, 1.807) is 24.3 Å². The molecule has 98 valence electrons. The van der Waals surface area contributed by atoms with Gasteiger partial charge in [0, 0.05) is 17.6 Å². The van der Waals surface area contributed by atoms with Crippen molar-refractivity contribution in [3.8, 4) is 0 Å². The van der Waals surface area contributed by atoms with Gasteiger partial charge in [-0.05, 0) is 24.3 Å². The monoisotopic (exact) mass is 281 g/mol. The summed E-state index contributed by atoms with van der Waals surface area (Å²) in [5, 5.41) is 17.2. The van der Waals surface area contributed by atoms with E-state index in [-0.39, 0.29) is 11.5 Å². The molecule has 1 amide bonds. The molecule has 0 bridgehead atoms. The molecule has 2 rings (SSSR count). The molecule has 0 spiro atoms. The van der Waals surface area contributed by atoms with E-state index in [0.717, 1.165) is 0 Å². The van der Waals surface area contributed by atoms with Gasteiger partial charge in [0.25, 0.3) is 5.91 Å². The number of nitrogens with zero attached hydrogens (tertiary/aromatic N) is 2. The van der Waals surface area contributed by atoms with E-state index < -0.39 is 16.5 Å². The summed E-state index contributed by atoms with van der Waals surface area (Å²) in [6, 6.07) is 6.30. The summed E-state index contributed by atoms with van der Waals surface area (Å²) in [5.74, 6) is -0.739. The summed E-state index contributed by atoms with van der Waals surface area (Å²) in [5.41, 5.74) is -0.353. The highest BCUT2D eigenvalue weighted by Crippen LogP contribution is 2.23. The first kappa shape index (κ1) is 13.0. The summed E-state index contributed by atoms with van der Waals surface area (Å²) < 4.78 is 4.66. The smallest absolute Gasteiger partial charge is 0.344 e. The predicted molar refractivity (Wildman–Crippen MR) is 67.3 cm³/mol. The van der Waals surface area contributed by atoms with Gasteiger partial charge in [0.2, 0.25) is 11.5 Å². The van der Waals surface area contributed by atoms with Gasteiger partial charge in [-0.1, -0.05) is 16.8 Å². The minimum atomic E-state index is -0.717. The van der Waals surface area contributed by atoms with Crippen molar-refractivity contribution in [2.75, 3.05) is 5.32 Å². The minimum Gasteiger partial charge on any atom is -0.353 e. The summed E-state index contributed by atoms with van der Waals surface area (Å²) in [4.78, 5) is 22.0. The van der Waals surface area contributed by atoms with Crippen LogP contribution in [-0.2, 0) is 0 Å². The fourth-order valence-corrected chi connectivity index (χ4v) is 1.58. The van der Waals surface area contributed by atoms with Gasteiger partial charge in [-0.3, -0.25) is 14.9 Å². The van der Waals surface area contributed by atoms with Crippen molar-refractivity contribution in [2.24, 2.45) is 0 Å². The summed E-state index contributed by atoms with van der Waals surface area (Å²) >= 11 is 5.71. The third-order valence-corrected chi connectivity index (χ3v) is 2.58. The zero-order valence-corrected chi connectivity index (χ0v) is 10.5. The van der Waals surface area contributed by atoms with E-state index >= 15 is 0 Å². The van der Waals surface area contributed by atoms with Crippen molar-refractivity contribution < 1.29 is 14.2 Å². The standard InChI is InChI=1S/C11H8ClN3O4/c1-6-10(15(17)18)9(14-19-6)11(16)13-8-4-2-7(12)3-5-8/h2-5H,1H3,(H,13,16). The number of benzene rings is 1. The van der Waals surface area contributed by atoms with Crippen molar-refractivity contribution in [2.45, 2.75) is 6.92 Å². The molecule has 0 saturated heterocycles. The molecule has 1 aromatic heterocycles. The molecule has 0 aliphatic rings. The Kier molecular flexibility index (Phi) is 3.48. The number of carbonyl (C=O) groups excluding carboxylic acids is 1. The highest BCUT2D eigenvalue weighted by Gasteiger charge is 2.29. The fraction of sp³-hybridized carbons (Fsp3) is 0.0909. The SMILES string of the molecule is Cc1onc(C(=O)Nc2ccc(Cl)cc2)c1[N+](=O)[O-]. The molecule has 7 nitrogen and oxygen atoms in total. The van der Waals surface area contributed by atoms with Gasteiger partial charge in [0.15, 0.2) is 0 Å². The Morgan fingerprint density at radius 3 is 2.63 bits per heavy atom. The van der Waals surface area contributed by atoms with Crippen LogP contribution in [0.15, 0.2) is 28.8 Å². The fourth-order valence-electron chi connectivity index (χ4n) is 1.45. The van der Waals surface area contributed by atoms with E-state index in [4.69, 9.17) is 11.6 Å². The number of nitrogens with one attached hydrogen (secondary N) is 1. The zero-order chi connectivity index (χ0) is 14.0. The molecule has 0 radical (unpaired) electrons. The average Bonchev–Trinajstić information content (AvgIpc) is 2.74. The summed E-state index contributed by atoms with van der Waals surface area (Å²) in [6.45, 7) is 1.37. The quantitative estimate of drug-likeness (QED) is 0.689. The Balaban J connectivity index is 2.25. The first-order chi connectivity index (χ1) is 8.99. The normalized spacial score (nSPS) is 10.2. The van der Waals surface area contributed by atoms with Crippen LogP contribution in [-0.4, -0.2) is 16.0 Å². The van der Waals surface area contributed by atoms with Gasteiger partial charge in [-0.2, -0.15) is 0 Å². The number of aromatic nitrogens is 1. The minimum absolute atomic E-state index is 0.0220. The van der Waals surface area contributed by atoms with Crippen LogP contribution in [0.3, 0.4) is 0 Å². The zero-order valence-electron chi connectivity index (χ0n) is 9.71. The Labute approximate surface area is 112 Å². The maximum atomic E-state index is 11.9. The molecule has 0 aliphatic carbocycles. The van der Waals surface area contributed by atoms with Gasteiger partial charge < -0.3 is 9.84 Å². The molecule has 0 saturated carbocycles.